The van der Waals surface area contributed by atoms with Gasteiger partial charge in [0.2, 0.25) is 11.5 Å². The minimum absolute atomic E-state index is 0.0196. The van der Waals surface area contributed by atoms with Gasteiger partial charge >= 0.3 is 11.7 Å². The summed E-state index contributed by atoms with van der Waals surface area (Å²) in [6.45, 7) is 5.49. The Morgan fingerprint density at radius 2 is 1.52 bits per heavy atom. The zero-order valence-corrected chi connectivity index (χ0v) is 16.0. The van der Waals surface area contributed by atoms with Crippen LogP contribution in [0.15, 0.2) is 18.2 Å². The summed E-state index contributed by atoms with van der Waals surface area (Å²) in [6.07, 6.45) is 0. The molecule has 2 rings (SSSR count). The van der Waals surface area contributed by atoms with E-state index >= 15 is 0 Å². The summed E-state index contributed by atoms with van der Waals surface area (Å²) >= 11 is 0. The van der Waals surface area contributed by atoms with Crippen molar-refractivity contribution in [2.24, 2.45) is 0 Å². The second-order valence-electron chi connectivity index (χ2n) is 5.84. The summed E-state index contributed by atoms with van der Waals surface area (Å²) in [6, 6.07) is 4.93. The summed E-state index contributed by atoms with van der Waals surface area (Å²) in [4.78, 5) is 23.7. The highest BCUT2D eigenvalue weighted by atomic mass is 16.6. The van der Waals surface area contributed by atoms with Crippen LogP contribution >= 0.6 is 0 Å². The van der Waals surface area contributed by atoms with Crippen molar-refractivity contribution in [1.29, 1.82) is 0 Å². The van der Waals surface area contributed by atoms with Crippen LogP contribution in [0, 0.1) is 30.9 Å². The van der Waals surface area contributed by atoms with Crippen LogP contribution in [0.5, 0.6) is 23.0 Å². The van der Waals surface area contributed by atoms with Crippen LogP contribution < -0.4 is 18.9 Å². The number of hydrogen-bond acceptors (Lipinski definition) is 7. The largest absolute Gasteiger partial charge is 0.493 e. The summed E-state index contributed by atoms with van der Waals surface area (Å²) in [5, 5.41) is 11.6. The second-order valence-corrected chi connectivity index (χ2v) is 5.84. The lowest BCUT2D eigenvalue weighted by Gasteiger charge is -2.16. The maximum Gasteiger partial charge on any atom is 0.350 e. The van der Waals surface area contributed by atoms with Crippen molar-refractivity contribution in [3.63, 3.8) is 0 Å². The number of aryl methyl sites for hydroxylation is 2. The van der Waals surface area contributed by atoms with Gasteiger partial charge in [0, 0.05) is 6.07 Å². The van der Waals surface area contributed by atoms with E-state index in [0.717, 1.165) is 16.7 Å². The molecule has 0 saturated heterocycles. The number of nitrogens with zero attached hydrogens (tertiary/aromatic N) is 1. The van der Waals surface area contributed by atoms with Gasteiger partial charge in [-0.1, -0.05) is 12.1 Å². The number of esters is 1. The van der Waals surface area contributed by atoms with E-state index in [1.54, 1.807) is 6.92 Å². The van der Waals surface area contributed by atoms with Crippen molar-refractivity contribution in [2.45, 2.75) is 20.8 Å². The number of carbonyl (C=O) groups is 1. The van der Waals surface area contributed by atoms with Gasteiger partial charge in [-0.15, -0.1) is 0 Å². The first-order valence-corrected chi connectivity index (χ1v) is 8.03. The molecule has 0 atom stereocenters. The van der Waals surface area contributed by atoms with Crippen molar-refractivity contribution in [3.8, 4) is 23.0 Å². The third-order valence-corrected chi connectivity index (χ3v) is 4.27. The first-order chi connectivity index (χ1) is 12.8. The van der Waals surface area contributed by atoms with Crippen LogP contribution in [-0.4, -0.2) is 32.2 Å². The van der Waals surface area contributed by atoms with E-state index in [1.807, 2.05) is 26.0 Å². The average molecular weight is 375 g/mol. The zero-order valence-electron chi connectivity index (χ0n) is 16.0. The highest BCUT2D eigenvalue weighted by Crippen LogP contribution is 2.46. The molecular weight excluding hydrogens is 354 g/mol. The number of nitro groups is 1. The minimum atomic E-state index is -0.891. The molecule has 2 aromatic rings. The smallest absolute Gasteiger partial charge is 0.350 e. The number of ether oxygens (including phenoxy) is 4. The van der Waals surface area contributed by atoms with Gasteiger partial charge in [-0.25, -0.2) is 4.79 Å². The van der Waals surface area contributed by atoms with Crippen LogP contribution in [0.2, 0.25) is 0 Å². The Bertz CT molecular complexity index is 906. The van der Waals surface area contributed by atoms with Gasteiger partial charge in [-0.05, 0) is 37.5 Å². The molecule has 27 heavy (non-hydrogen) atoms. The third-order valence-electron chi connectivity index (χ3n) is 4.27. The van der Waals surface area contributed by atoms with Crippen molar-refractivity contribution in [3.05, 3.63) is 50.6 Å². The van der Waals surface area contributed by atoms with E-state index in [1.165, 1.54) is 27.4 Å². The normalized spacial score (nSPS) is 10.3. The monoisotopic (exact) mass is 375 g/mol. The maximum atomic E-state index is 12.8. The minimum Gasteiger partial charge on any atom is -0.493 e. The SMILES string of the molecule is COc1cc(C(=O)Oc2c(C)ccc(C)c2C)c([N+](=O)[O-])c(OC)c1OC. The summed E-state index contributed by atoms with van der Waals surface area (Å²) in [5.74, 6) is -0.608. The zero-order chi connectivity index (χ0) is 20.3. The van der Waals surface area contributed by atoms with Gasteiger partial charge in [-0.2, -0.15) is 0 Å². The molecule has 0 radical (unpaired) electrons. The Morgan fingerprint density at radius 1 is 0.926 bits per heavy atom. The second kappa shape index (κ2) is 7.94. The van der Waals surface area contributed by atoms with Crippen LogP contribution in [0.3, 0.4) is 0 Å². The van der Waals surface area contributed by atoms with Gasteiger partial charge in [0.25, 0.3) is 0 Å². The van der Waals surface area contributed by atoms with Crippen LogP contribution in [0.1, 0.15) is 27.0 Å². The fraction of sp³-hybridized carbons (Fsp3) is 0.316. The molecule has 0 spiro atoms. The predicted octanol–water partition coefficient (Wildman–Crippen LogP) is 3.77. The Hall–Kier alpha value is -3.29. The van der Waals surface area contributed by atoms with Gasteiger partial charge in [-0.3, -0.25) is 10.1 Å². The molecule has 2 aromatic carbocycles. The van der Waals surface area contributed by atoms with E-state index in [0.29, 0.717) is 5.75 Å². The number of benzene rings is 2. The molecule has 0 aliphatic rings. The van der Waals surface area contributed by atoms with Gasteiger partial charge < -0.3 is 18.9 Å². The van der Waals surface area contributed by atoms with Crippen LogP contribution in [0.25, 0.3) is 0 Å². The van der Waals surface area contributed by atoms with Crippen molar-refractivity contribution < 1.29 is 28.7 Å². The molecule has 0 aromatic heterocycles. The Balaban J connectivity index is 2.66. The first kappa shape index (κ1) is 20.0. The average Bonchev–Trinajstić information content (AvgIpc) is 2.65. The highest BCUT2D eigenvalue weighted by Gasteiger charge is 2.33. The Kier molecular flexibility index (Phi) is 5.89. The van der Waals surface area contributed by atoms with Crippen LogP contribution in [-0.2, 0) is 0 Å². The number of hydrogen-bond donors (Lipinski definition) is 0. The molecule has 0 aliphatic carbocycles. The molecule has 0 heterocycles. The summed E-state index contributed by atoms with van der Waals surface area (Å²) in [5.41, 5.74) is 1.60. The standard InChI is InChI=1S/C19H21NO7/c1-10-7-8-11(2)16(12(10)3)27-19(21)13-9-14(24-4)17(25-5)18(26-6)15(13)20(22)23/h7-9H,1-6H3. The van der Waals surface area contributed by atoms with E-state index in [2.05, 4.69) is 0 Å². The number of methoxy groups -OCH3 is 3. The molecule has 0 amide bonds. The molecular formula is C19H21NO7. The lowest BCUT2D eigenvalue weighted by molar-refractivity contribution is -0.386. The Labute approximate surface area is 156 Å². The third kappa shape index (κ3) is 3.64. The van der Waals surface area contributed by atoms with E-state index in [4.69, 9.17) is 18.9 Å². The van der Waals surface area contributed by atoms with Crippen molar-refractivity contribution in [1.82, 2.24) is 0 Å². The molecule has 0 bridgehead atoms. The van der Waals surface area contributed by atoms with Gasteiger partial charge in [0.1, 0.15) is 11.3 Å². The number of carbonyl (C=O) groups excluding carboxylic acids is 1. The van der Waals surface area contributed by atoms with Gasteiger partial charge in [0.15, 0.2) is 5.75 Å². The molecule has 0 fully saturated rings. The number of nitro benzene ring substituents is 1. The molecule has 0 unspecified atom stereocenters. The lowest BCUT2D eigenvalue weighted by atomic mass is 10.1. The topological polar surface area (TPSA) is 97.1 Å². The lowest BCUT2D eigenvalue weighted by Crippen LogP contribution is -2.14. The summed E-state index contributed by atoms with van der Waals surface area (Å²) in [7, 11) is 3.92. The molecule has 0 aliphatic heterocycles. The molecule has 8 heteroatoms. The fourth-order valence-corrected chi connectivity index (χ4v) is 2.71. The van der Waals surface area contributed by atoms with Crippen LogP contribution in [0.4, 0.5) is 5.69 Å². The predicted molar refractivity (Wildman–Crippen MR) is 98.4 cm³/mol. The van der Waals surface area contributed by atoms with Crippen molar-refractivity contribution >= 4 is 11.7 Å². The van der Waals surface area contributed by atoms with E-state index in [9.17, 15) is 14.9 Å². The Morgan fingerprint density at radius 3 is 2.04 bits per heavy atom. The molecule has 144 valence electrons. The highest BCUT2D eigenvalue weighted by molar-refractivity contribution is 5.98. The maximum absolute atomic E-state index is 12.8. The molecule has 8 nitrogen and oxygen atoms in total. The quantitative estimate of drug-likeness (QED) is 0.328. The van der Waals surface area contributed by atoms with Gasteiger partial charge in [0.05, 0.1) is 26.3 Å². The van der Waals surface area contributed by atoms with E-state index in [-0.39, 0.29) is 22.8 Å². The molecule has 0 N–H and O–H groups in total. The van der Waals surface area contributed by atoms with E-state index < -0.39 is 16.6 Å². The first-order valence-electron chi connectivity index (χ1n) is 8.03. The fourth-order valence-electron chi connectivity index (χ4n) is 2.71. The summed E-state index contributed by atoms with van der Waals surface area (Å²) < 4.78 is 21.0. The number of rotatable bonds is 6. The van der Waals surface area contributed by atoms with Crippen molar-refractivity contribution in [2.75, 3.05) is 21.3 Å². The molecule has 0 saturated carbocycles.